The summed E-state index contributed by atoms with van der Waals surface area (Å²) in [6.45, 7) is 6.93. The molecule has 1 N–H and O–H groups in total. The van der Waals surface area contributed by atoms with Gasteiger partial charge in [-0.25, -0.2) is 0 Å². The molecule has 8 heteroatoms. The van der Waals surface area contributed by atoms with Crippen LogP contribution in [0.4, 0.5) is 0 Å². The molecule has 1 aliphatic carbocycles. The minimum Gasteiger partial charge on any atom is -0.342 e. The molecule has 6 nitrogen and oxygen atoms in total. The Bertz CT molecular complexity index is 826. The molecule has 5 rings (SSSR count). The smallest absolute Gasteiger partial charge is 0.237 e. The number of nitrogens with one attached hydrogen (secondary N) is 1. The van der Waals surface area contributed by atoms with E-state index >= 15 is 0 Å². The van der Waals surface area contributed by atoms with E-state index in [2.05, 4.69) is 46.3 Å². The normalized spacial score (nSPS) is 32.9. The van der Waals surface area contributed by atoms with E-state index in [1.54, 1.807) is 0 Å². The van der Waals surface area contributed by atoms with Crippen LogP contribution in [0.3, 0.4) is 0 Å². The van der Waals surface area contributed by atoms with Crippen LogP contribution in [-0.2, 0) is 9.59 Å². The van der Waals surface area contributed by atoms with Crippen molar-refractivity contribution in [3.05, 3.63) is 35.4 Å². The number of hydrogen-bond acceptors (Lipinski definition) is 4. The molecule has 31 heavy (non-hydrogen) atoms. The molecular weight excluding hydrogens is 435 g/mol. The molecule has 0 radical (unpaired) electrons. The summed E-state index contributed by atoms with van der Waals surface area (Å²) in [6, 6.07) is 8.50. The average Bonchev–Trinajstić information content (AvgIpc) is 3.05. The zero-order valence-corrected chi connectivity index (χ0v) is 20.1. The van der Waals surface area contributed by atoms with Crippen LogP contribution in [0.1, 0.15) is 17.2 Å². The maximum atomic E-state index is 13.1. The van der Waals surface area contributed by atoms with E-state index in [4.69, 9.17) is 0 Å². The van der Waals surface area contributed by atoms with Gasteiger partial charge in [0.15, 0.2) is 0 Å². The number of benzene rings is 1. The second-order valence-corrected chi connectivity index (χ2v) is 9.76. The predicted octanol–water partition coefficient (Wildman–Crippen LogP) is 1.82. The molecule has 1 aromatic carbocycles. The van der Waals surface area contributed by atoms with Crippen LogP contribution in [0.15, 0.2) is 24.3 Å². The first-order valence-electron chi connectivity index (χ1n) is 10.9. The fraction of sp³-hybridized carbons (Fsp3) is 0.652. The number of piperidine rings is 1. The van der Waals surface area contributed by atoms with Gasteiger partial charge in [0.2, 0.25) is 11.8 Å². The van der Waals surface area contributed by atoms with Crippen LogP contribution in [0.25, 0.3) is 0 Å². The molecular formula is C23H34Cl2N4O2. The van der Waals surface area contributed by atoms with E-state index in [0.29, 0.717) is 36.1 Å². The Morgan fingerprint density at radius 3 is 2.35 bits per heavy atom. The Kier molecular flexibility index (Phi) is 7.26. The number of likely N-dealkylation sites (N-methyl/N-ethyl adjacent to an activating group) is 1. The first-order valence-corrected chi connectivity index (χ1v) is 10.9. The maximum Gasteiger partial charge on any atom is 0.237 e. The Hall–Kier alpha value is -1.34. The number of fused-ring (bicyclic) bond motifs is 2. The van der Waals surface area contributed by atoms with Crippen molar-refractivity contribution in [2.45, 2.75) is 13.0 Å². The molecule has 4 fully saturated rings. The van der Waals surface area contributed by atoms with Crippen molar-refractivity contribution in [1.82, 2.24) is 20.0 Å². The van der Waals surface area contributed by atoms with E-state index in [1.165, 1.54) is 11.1 Å². The van der Waals surface area contributed by atoms with Crippen molar-refractivity contribution in [1.29, 1.82) is 0 Å². The summed E-state index contributed by atoms with van der Waals surface area (Å²) in [6.07, 6.45) is 0. The number of likely N-dealkylation sites (tertiary alicyclic amines) is 2. The number of halogens is 2. The van der Waals surface area contributed by atoms with E-state index in [1.807, 2.05) is 19.0 Å². The topological polar surface area (TPSA) is 55.9 Å². The first-order chi connectivity index (χ1) is 14.0. The summed E-state index contributed by atoms with van der Waals surface area (Å²) >= 11 is 0. The lowest BCUT2D eigenvalue weighted by molar-refractivity contribution is -0.134. The minimum absolute atomic E-state index is 0. The van der Waals surface area contributed by atoms with Gasteiger partial charge in [-0.3, -0.25) is 9.59 Å². The van der Waals surface area contributed by atoms with E-state index in [9.17, 15) is 9.59 Å². The predicted molar refractivity (Wildman–Crippen MR) is 126 cm³/mol. The van der Waals surface area contributed by atoms with Gasteiger partial charge in [-0.1, -0.05) is 24.3 Å². The molecule has 1 saturated carbocycles. The van der Waals surface area contributed by atoms with Crippen molar-refractivity contribution in [2.24, 2.45) is 29.6 Å². The summed E-state index contributed by atoms with van der Waals surface area (Å²) in [5, 5.41) is 3.39. The number of carbonyl (C=O) groups excluding carboxylic acids is 2. The standard InChI is InChI=1S/C23H32N4O2.2ClH/c1-14-6-4-5-7-16(14)22-19-12-26(23(29)21-17-8-24-9-18(17)21)10-15(19)11-27(22)20(28)13-25(2)3;;/h4-7,15,17-19,21-22,24H,8-13H2,1-3H3;2*1H/t15-,17-,18+,19-,21?,22+;;/m1../s1. The molecule has 1 unspecified atom stereocenters. The quantitative estimate of drug-likeness (QED) is 0.731. The molecule has 1 aromatic rings. The lowest BCUT2D eigenvalue weighted by Gasteiger charge is -2.32. The highest BCUT2D eigenvalue weighted by Gasteiger charge is 2.59. The monoisotopic (exact) mass is 468 g/mol. The number of carbonyl (C=O) groups is 2. The van der Waals surface area contributed by atoms with E-state index in [0.717, 1.165) is 32.7 Å². The SMILES string of the molecule is Cc1ccccc1[C@H]1[C@@H]2CN(C(=O)C3[C@H]4CNC[C@@H]34)C[C@@H]2CN1C(=O)CN(C)C.Cl.Cl. The summed E-state index contributed by atoms with van der Waals surface area (Å²) in [5.74, 6) is 2.65. The highest BCUT2D eigenvalue weighted by atomic mass is 35.5. The lowest BCUT2D eigenvalue weighted by Crippen LogP contribution is -2.41. The molecule has 6 atom stereocenters. The summed E-state index contributed by atoms with van der Waals surface area (Å²) < 4.78 is 0. The molecule has 3 aliphatic heterocycles. The van der Waals surface area contributed by atoms with Gasteiger partial charge in [0, 0.05) is 37.4 Å². The Labute approximate surface area is 197 Å². The van der Waals surface area contributed by atoms with Gasteiger partial charge in [-0.2, -0.15) is 0 Å². The van der Waals surface area contributed by atoms with Crippen molar-refractivity contribution >= 4 is 36.6 Å². The van der Waals surface area contributed by atoms with Crippen molar-refractivity contribution in [3.8, 4) is 0 Å². The van der Waals surface area contributed by atoms with Crippen molar-refractivity contribution in [3.63, 3.8) is 0 Å². The van der Waals surface area contributed by atoms with Crippen LogP contribution in [0, 0.1) is 36.5 Å². The highest BCUT2D eigenvalue weighted by Crippen LogP contribution is 2.52. The molecule has 0 aromatic heterocycles. The van der Waals surface area contributed by atoms with Gasteiger partial charge < -0.3 is 20.0 Å². The lowest BCUT2D eigenvalue weighted by atomic mass is 9.87. The second kappa shape index (κ2) is 9.26. The van der Waals surface area contributed by atoms with Crippen LogP contribution in [0.5, 0.6) is 0 Å². The summed E-state index contributed by atoms with van der Waals surface area (Å²) in [4.78, 5) is 32.3. The van der Waals surface area contributed by atoms with E-state index < -0.39 is 0 Å². The Balaban J connectivity index is 0.00000136. The summed E-state index contributed by atoms with van der Waals surface area (Å²) in [5.41, 5.74) is 2.47. The van der Waals surface area contributed by atoms with Gasteiger partial charge in [0.1, 0.15) is 0 Å². The third-order valence-corrected chi connectivity index (χ3v) is 7.63. The van der Waals surface area contributed by atoms with Crippen molar-refractivity contribution < 1.29 is 9.59 Å². The zero-order chi connectivity index (χ0) is 20.3. The third kappa shape index (κ3) is 4.20. The molecule has 2 amide bonds. The third-order valence-electron chi connectivity index (χ3n) is 7.63. The van der Waals surface area contributed by atoms with Crippen LogP contribution in [-0.4, -0.2) is 79.9 Å². The molecule has 4 aliphatic rings. The molecule has 172 valence electrons. The highest BCUT2D eigenvalue weighted by molar-refractivity contribution is 5.85. The first kappa shape index (κ1) is 24.3. The number of rotatable bonds is 4. The van der Waals surface area contributed by atoms with E-state index in [-0.39, 0.29) is 42.7 Å². The fourth-order valence-electron chi connectivity index (χ4n) is 6.16. The summed E-state index contributed by atoms with van der Waals surface area (Å²) in [7, 11) is 3.89. The molecule has 3 saturated heterocycles. The molecule has 3 heterocycles. The number of amides is 2. The Morgan fingerprint density at radius 2 is 1.71 bits per heavy atom. The van der Waals surface area contributed by atoms with Crippen LogP contribution >= 0.6 is 24.8 Å². The van der Waals surface area contributed by atoms with Gasteiger partial charge >= 0.3 is 0 Å². The van der Waals surface area contributed by atoms with Gasteiger partial charge in [-0.15, -0.1) is 24.8 Å². The number of nitrogens with zero attached hydrogens (tertiary/aromatic N) is 3. The number of hydrogen-bond donors (Lipinski definition) is 1. The second-order valence-electron chi connectivity index (χ2n) is 9.76. The Morgan fingerprint density at radius 1 is 1.03 bits per heavy atom. The van der Waals surface area contributed by atoms with Crippen LogP contribution < -0.4 is 5.32 Å². The number of aryl methyl sites for hydroxylation is 1. The zero-order valence-electron chi connectivity index (χ0n) is 18.5. The van der Waals surface area contributed by atoms with Gasteiger partial charge in [0.25, 0.3) is 0 Å². The van der Waals surface area contributed by atoms with Crippen LogP contribution in [0.2, 0.25) is 0 Å². The molecule has 0 bridgehead atoms. The van der Waals surface area contributed by atoms with Crippen molar-refractivity contribution in [2.75, 3.05) is 53.4 Å². The fourth-order valence-corrected chi connectivity index (χ4v) is 6.16. The van der Waals surface area contributed by atoms with Gasteiger partial charge in [-0.05, 0) is 57.1 Å². The largest absolute Gasteiger partial charge is 0.342 e. The maximum absolute atomic E-state index is 13.1. The average molecular weight is 469 g/mol. The van der Waals surface area contributed by atoms with Gasteiger partial charge in [0.05, 0.1) is 12.6 Å². The molecule has 0 spiro atoms. The minimum atomic E-state index is 0.